The van der Waals surface area contributed by atoms with Crippen LogP contribution in [-0.2, 0) is 0 Å². The molecule has 20 heavy (non-hydrogen) atoms. The number of hydrogen-bond acceptors (Lipinski definition) is 2. The first-order valence-corrected chi connectivity index (χ1v) is 6.16. The van der Waals surface area contributed by atoms with Gasteiger partial charge in [-0.15, -0.1) is 0 Å². The van der Waals surface area contributed by atoms with E-state index < -0.39 is 11.6 Å². The fourth-order valence-electron chi connectivity index (χ4n) is 1.55. The lowest BCUT2D eigenvalue weighted by Gasteiger charge is -2.11. The van der Waals surface area contributed by atoms with Crippen molar-refractivity contribution in [3.63, 3.8) is 0 Å². The third-order valence-corrected chi connectivity index (χ3v) is 2.73. The highest BCUT2D eigenvalue weighted by molar-refractivity contribution is 7.80. The van der Waals surface area contributed by atoms with E-state index in [0.717, 1.165) is 23.6 Å². The molecular formula is C14H12F2N2OS. The molecule has 0 unspecified atom stereocenters. The van der Waals surface area contributed by atoms with E-state index in [-0.39, 0.29) is 10.8 Å². The fraction of sp³-hybridized carbons (Fsp3) is 0.0714. The summed E-state index contributed by atoms with van der Waals surface area (Å²) in [6, 6.07) is 10.3. The van der Waals surface area contributed by atoms with E-state index in [1.807, 2.05) is 0 Å². The summed E-state index contributed by atoms with van der Waals surface area (Å²) in [5.74, 6) is -0.620. The summed E-state index contributed by atoms with van der Waals surface area (Å²) in [6.07, 6.45) is 0. The zero-order chi connectivity index (χ0) is 14.5. The molecule has 104 valence electrons. The second-order valence-electron chi connectivity index (χ2n) is 3.93. The van der Waals surface area contributed by atoms with Gasteiger partial charge in [0.1, 0.15) is 17.4 Å². The van der Waals surface area contributed by atoms with E-state index in [0.29, 0.717) is 0 Å². The van der Waals surface area contributed by atoms with Crippen LogP contribution in [0.5, 0.6) is 5.75 Å². The Labute approximate surface area is 120 Å². The maximum atomic E-state index is 13.4. The lowest BCUT2D eigenvalue weighted by Crippen LogP contribution is -2.19. The van der Waals surface area contributed by atoms with Crippen molar-refractivity contribution in [2.24, 2.45) is 0 Å². The van der Waals surface area contributed by atoms with Crippen LogP contribution in [0.3, 0.4) is 0 Å². The second-order valence-corrected chi connectivity index (χ2v) is 4.34. The van der Waals surface area contributed by atoms with Gasteiger partial charge in [0.25, 0.3) is 0 Å². The number of anilines is 2. The molecule has 0 aliphatic rings. The molecule has 0 radical (unpaired) electrons. The molecule has 0 aromatic heterocycles. The number of nitrogens with one attached hydrogen (secondary N) is 2. The van der Waals surface area contributed by atoms with Crippen LogP contribution in [0.15, 0.2) is 42.5 Å². The highest BCUT2D eigenvalue weighted by atomic mass is 32.1. The average molecular weight is 294 g/mol. The average Bonchev–Trinajstić information content (AvgIpc) is 2.43. The summed E-state index contributed by atoms with van der Waals surface area (Å²) >= 11 is 5.06. The van der Waals surface area contributed by atoms with Crippen molar-refractivity contribution in [3.8, 4) is 5.75 Å². The number of ether oxygens (including phenoxy) is 1. The molecule has 2 aromatic rings. The van der Waals surface area contributed by atoms with Gasteiger partial charge < -0.3 is 15.4 Å². The summed E-state index contributed by atoms with van der Waals surface area (Å²) in [5, 5.41) is 5.76. The molecule has 0 atom stereocenters. The maximum absolute atomic E-state index is 13.4. The van der Waals surface area contributed by atoms with Crippen molar-refractivity contribution in [2.45, 2.75) is 0 Å². The Morgan fingerprint density at radius 2 is 1.75 bits per heavy atom. The molecule has 0 aliphatic carbocycles. The van der Waals surface area contributed by atoms with E-state index in [1.54, 1.807) is 31.4 Å². The molecule has 0 aliphatic heterocycles. The minimum Gasteiger partial charge on any atom is -0.497 e. The van der Waals surface area contributed by atoms with E-state index in [2.05, 4.69) is 10.6 Å². The highest BCUT2D eigenvalue weighted by Crippen LogP contribution is 2.17. The number of thiocarbonyl (C=S) groups is 1. The molecule has 0 saturated heterocycles. The molecule has 0 saturated carbocycles. The Bertz CT molecular complexity index is 617. The molecule has 2 rings (SSSR count). The van der Waals surface area contributed by atoms with Crippen LogP contribution >= 0.6 is 12.2 Å². The molecule has 0 amide bonds. The van der Waals surface area contributed by atoms with E-state index in [9.17, 15) is 8.78 Å². The van der Waals surface area contributed by atoms with Gasteiger partial charge in [-0.25, -0.2) is 8.78 Å². The molecule has 2 N–H and O–H groups in total. The van der Waals surface area contributed by atoms with Crippen LogP contribution < -0.4 is 15.4 Å². The Balaban J connectivity index is 2.01. The second kappa shape index (κ2) is 6.29. The Morgan fingerprint density at radius 1 is 1.05 bits per heavy atom. The maximum Gasteiger partial charge on any atom is 0.175 e. The molecule has 0 heterocycles. The van der Waals surface area contributed by atoms with Crippen molar-refractivity contribution in [2.75, 3.05) is 17.7 Å². The molecule has 0 fully saturated rings. The number of methoxy groups -OCH3 is 1. The van der Waals surface area contributed by atoms with Crippen molar-refractivity contribution in [3.05, 3.63) is 54.1 Å². The number of rotatable bonds is 3. The first-order valence-electron chi connectivity index (χ1n) is 5.75. The van der Waals surface area contributed by atoms with Crippen molar-refractivity contribution >= 4 is 28.7 Å². The predicted molar refractivity (Wildman–Crippen MR) is 79.2 cm³/mol. The van der Waals surface area contributed by atoms with Crippen molar-refractivity contribution < 1.29 is 13.5 Å². The van der Waals surface area contributed by atoms with Crippen molar-refractivity contribution in [1.82, 2.24) is 0 Å². The van der Waals surface area contributed by atoms with Crippen LogP contribution in [0.1, 0.15) is 0 Å². The Morgan fingerprint density at radius 3 is 2.35 bits per heavy atom. The first kappa shape index (κ1) is 14.2. The van der Waals surface area contributed by atoms with E-state index >= 15 is 0 Å². The quantitative estimate of drug-likeness (QED) is 0.844. The topological polar surface area (TPSA) is 33.3 Å². The normalized spacial score (nSPS) is 9.95. The van der Waals surface area contributed by atoms with Crippen LogP contribution in [-0.4, -0.2) is 12.2 Å². The first-order chi connectivity index (χ1) is 9.58. The summed E-state index contributed by atoms with van der Waals surface area (Å²) in [5.41, 5.74) is 0.836. The summed E-state index contributed by atoms with van der Waals surface area (Å²) in [6.45, 7) is 0. The van der Waals surface area contributed by atoms with E-state index in [1.165, 1.54) is 6.07 Å². The summed E-state index contributed by atoms with van der Waals surface area (Å²) < 4.78 is 31.3. The number of hydrogen-bond donors (Lipinski definition) is 2. The highest BCUT2D eigenvalue weighted by Gasteiger charge is 2.05. The molecule has 0 bridgehead atoms. The van der Waals surface area contributed by atoms with Gasteiger partial charge >= 0.3 is 0 Å². The van der Waals surface area contributed by atoms with Gasteiger partial charge in [0.2, 0.25) is 0 Å². The summed E-state index contributed by atoms with van der Waals surface area (Å²) in [7, 11) is 1.58. The SMILES string of the molecule is COc1ccc(NC(=S)Nc2ccc(F)cc2F)cc1. The van der Waals surface area contributed by atoms with E-state index in [4.69, 9.17) is 17.0 Å². The molecule has 0 spiro atoms. The predicted octanol–water partition coefficient (Wildman–Crippen LogP) is 3.78. The Hall–Kier alpha value is -2.21. The van der Waals surface area contributed by atoms with Crippen LogP contribution in [0.25, 0.3) is 0 Å². The zero-order valence-electron chi connectivity index (χ0n) is 10.6. The molecule has 6 heteroatoms. The lowest BCUT2D eigenvalue weighted by molar-refractivity contribution is 0.415. The Kier molecular flexibility index (Phi) is 4.47. The third kappa shape index (κ3) is 3.64. The van der Waals surface area contributed by atoms with Gasteiger partial charge in [0, 0.05) is 11.8 Å². The van der Waals surface area contributed by atoms with Gasteiger partial charge in [0.15, 0.2) is 5.11 Å². The standard InChI is InChI=1S/C14H12F2N2OS/c1-19-11-5-3-10(4-6-11)17-14(20)18-13-7-2-9(15)8-12(13)16/h2-8H,1H3,(H2,17,18,20). The van der Waals surface area contributed by atoms with Gasteiger partial charge in [0.05, 0.1) is 12.8 Å². The number of benzene rings is 2. The lowest BCUT2D eigenvalue weighted by atomic mass is 10.3. The zero-order valence-corrected chi connectivity index (χ0v) is 11.4. The van der Waals surface area contributed by atoms with Gasteiger partial charge in [-0.1, -0.05) is 0 Å². The van der Waals surface area contributed by atoms with Gasteiger partial charge in [-0.3, -0.25) is 0 Å². The van der Waals surface area contributed by atoms with Gasteiger partial charge in [-0.2, -0.15) is 0 Å². The smallest absolute Gasteiger partial charge is 0.175 e. The van der Waals surface area contributed by atoms with Crippen LogP contribution in [0.4, 0.5) is 20.2 Å². The molecule has 2 aromatic carbocycles. The molecule has 3 nitrogen and oxygen atoms in total. The fourth-order valence-corrected chi connectivity index (χ4v) is 1.78. The molecular weight excluding hydrogens is 282 g/mol. The largest absolute Gasteiger partial charge is 0.497 e. The number of halogens is 2. The minimum atomic E-state index is -0.705. The monoisotopic (exact) mass is 294 g/mol. The van der Waals surface area contributed by atoms with Crippen LogP contribution in [0, 0.1) is 11.6 Å². The third-order valence-electron chi connectivity index (χ3n) is 2.53. The summed E-state index contributed by atoms with van der Waals surface area (Å²) in [4.78, 5) is 0. The van der Waals surface area contributed by atoms with Crippen LogP contribution in [0.2, 0.25) is 0 Å². The minimum absolute atomic E-state index is 0.109. The van der Waals surface area contributed by atoms with Crippen molar-refractivity contribution in [1.29, 1.82) is 0 Å². The van der Waals surface area contributed by atoms with Gasteiger partial charge in [-0.05, 0) is 48.6 Å².